The average molecular weight is 266 g/mol. The summed E-state index contributed by atoms with van der Waals surface area (Å²) >= 11 is 0. The lowest BCUT2D eigenvalue weighted by atomic mass is 10.0. The first-order chi connectivity index (χ1) is 8.83. The van der Waals surface area contributed by atoms with Crippen LogP contribution in [0.15, 0.2) is 24.3 Å². The Kier molecular flexibility index (Phi) is 5.18. The Morgan fingerprint density at radius 3 is 2.72 bits per heavy atom. The number of unbranched alkanes of at least 4 members (excludes halogenated alkanes) is 4. The Balaban J connectivity index is 1.98. The molecule has 0 aromatic heterocycles. The molecule has 0 radical (unpaired) electrons. The van der Waals surface area contributed by atoms with Gasteiger partial charge in [0.15, 0.2) is 11.0 Å². The molecule has 2 rings (SSSR count). The van der Waals surface area contributed by atoms with E-state index in [1.807, 2.05) is 24.3 Å². The Bertz CT molecular complexity index is 429. The van der Waals surface area contributed by atoms with Crippen LogP contribution in [0.1, 0.15) is 51.0 Å². The molecule has 0 fully saturated rings. The van der Waals surface area contributed by atoms with E-state index in [4.69, 9.17) is 9.56 Å². The van der Waals surface area contributed by atoms with Gasteiger partial charge in [-0.15, -0.1) is 0 Å². The maximum Gasteiger partial charge on any atom is 0.283 e. The minimum atomic E-state index is -1.82. The maximum absolute atomic E-state index is 11.8. The molecule has 0 aliphatic carbocycles. The minimum absolute atomic E-state index is 0.677. The second-order valence-corrected chi connectivity index (χ2v) is 5.73. The van der Waals surface area contributed by atoms with Crippen LogP contribution >= 0.6 is 8.00 Å². The van der Waals surface area contributed by atoms with Crippen molar-refractivity contribution in [3.05, 3.63) is 29.8 Å². The lowest BCUT2D eigenvalue weighted by Crippen LogP contribution is -2.15. The van der Waals surface area contributed by atoms with E-state index in [0.29, 0.717) is 5.75 Å². The molecular weight excluding hydrogens is 247 g/mol. The van der Waals surface area contributed by atoms with Gasteiger partial charge >= 0.3 is 0 Å². The summed E-state index contributed by atoms with van der Waals surface area (Å²) in [6.07, 6.45) is 6.85. The van der Waals surface area contributed by atoms with Crippen LogP contribution in [-0.2, 0) is 4.67 Å². The van der Waals surface area contributed by atoms with E-state index in [-0.39, 0.29) is 0 Å². The van der Waals surface area contributed by atoms with Gasteiger partial charge in [0.2, 0.25) is 0 Å². The Labute approximate surface area is 109 Å². The number of benzene rings is 1. The highest BCUT2D eigenvalue weighted by Gasteiger charge is 2.25. The normalized spacial score (nSPS) is 16.3. The SMILES string of the molecule is CCCCCCCC1=[P+]([O-])OOc2ccccc21. The van der Waals surface area contributed by atoms with Crippen molar-refractivity contribution in [1.82, 2.24) is 0 Å². The summed E-state index contributed by atoms with van der Waals surface area (Å²) in [7, 11) is -1.82. The molecular formula is C14H19O3P. The van der Waals surface area contributed by atoms with Crippen molar-refractivity contribution in [3.8, 4) is 5.75 Å². The third-order valence-corrected chi connectivity index (χ3v) is 4.25. The molecule has 1 aromatic rings. The zero-order valence-electron chi connectivity index (χ0n) is 10.7. The predicted octanol–water partition coefficient (Wildman–Crippen LogP) is 3.56. The van der Waals surface area contributed by atoms with Crippen LogP contribution in [0.25, 0.3) is 0 Å². The molecule has 18 heavy (non-hydrogen) atoms. The Hall–Kier alpha value is -0.890. The smallest absolute Gasteiger partial charge is 0.283 e. The highest BCUT2D eigenvalue weighted by Crippen LogP contribution is 2.35. The van der Waals surface area contributed by atoms with Gasteiger partial charge in [0, 0.05) is 11.1 Å². The number of para-hydroxylation sites is 1. The van der Waals surface area contributed by atoms with Gasteiger partial charge in [0.05, 0.1) is 5.56 Å². The highest BCUT2D eigenvalue weighted by molar-refractivity contribution is 7.47. The van der Waals surface area contributed by atoms with Gasteiger partial charge in [-0.05, 0) is 18.6 Å². The van der Waals surface area contributed by atoms with Crippen molar-refractivity contribution in [3.63, 3.8) is 0 Å². The number of rotatable bonds is 6. The van der Waals surface area contributed by atoms with E-state index in [0.717, 1.165) is 23.7 Å². The molecule has 98 valence electrons. The van der Waals surface area contributed by atoms with E-state index in [1.54, 1.807) is 0 Å². The zero-order chi connectivity index (χ0) is 12.8. The molecule has 1 unspecified atom stereocenters. The topological polar surface area (TPSA) is 41.5 Å². The van der Waals surface area contributed by atoms with E-state index in [1.165, 1.54) is 25.7 Å². The minimum Gasteiger partial charge on any atom is -0.599 e. The summed E-state index contributed by atoms with van der Waals surface area (Å²) in [6, 6.07) is 7.62. The van der Waals surface area contributed by atoms with Crippen molar-refractivity contribution < 1.29 is 14.5 Å². The molecule has 0 bridgehead atoms. The molecule has 1 heterocycles. The highest BCUT2D eigenvalue weighted by atomic mass is 31.1. The molecule has 0 saturated heterocycles. The van der Waals surface area contributed by atoms with Gasteiger partial charge in [0.25, 0.3) is 8.00 Å². The van der Waals surface area contributed by atoms with Crippen LogP contribution in [0.5, 0.6) is 5.75 Å². The second-order valence-electron chi connectivity index (χ2n) is 4.52. The number of hydrogen-bond donors (Lipinski definition) is 0. The first-order valence-corrected chi connectivity index (χ1v) is 7.78. The summed E-state index contributed by atoms with van der Waals surface area (Å²) in [5, 5.41) is 0.892. The monoisotopic (exact) mass is 266 g/mol. The van der Waals surface area contributed by atoms with Crippen molar-refractivity contribution in [2.45, 2.75) is 45.4 Å². The van der Waals surface area contributed by atoms with Crippen molar-refractivity contribution in [2.75, 3.05) is 0 Å². The lowest BCUT2D eigenvalue weighted by Gasteiger charge is -2.14. The summed E-state index contributed by atoms with van der Waals surface area (Å²) in [6.45, 7) is 2.20. The molecule has 3 nitrogen and oxygen atoms in total. The van der Waals surface area contributed by atoms with Crippen molar-refractivity contribution in [2.24, 2.45) is 0 Å². The standard InChI is InChI=1S/C14H19O3P/c1-2-3-4-5-6-11-14-12-9-7-8-10-13(12)16-17-18(14)15/h7-10H,2-6,11H2,1H3. The van der Waals surface area contributed by atoms with Crippen LogP contribution in [0.4, 0.5) is 0 Å². The molecule has 0 saturated carbocycles. The van der Waals surface area contributed by atoms with E-state index >= 15 is 0 Å². The fraction of sp³-hybridized carbons (Fsp3) is 0.500. The largest absolute Gasteiger partial charge is 0.599 e. The van der Waals surface area contributed by atoms with Gasteiger partial charge < -0.3 is 4.89 Å². The van der Waals surface area contributed by atoms with Crippen LogP contribution in [0, 0.1) is 0 Å². The Morgan fingerprint density at radius 1 is 1.11 bits per heavy atom. The molecule has 1 atom stereocenters. The third kappa shape index (κ3) is 3.32. The van der Waals surface area contributed by atoms with E-state index < -0.39 is 8.00 Å². The zero-order valence-corrected chi connectivity index (χ0v) is 11.6. The van der Waals surface area contributed by atoms with Gasteiger partial charge in [-0.3, -0.25) is 4.89 Å². The van der Waals surface area contributed by atoms with Gasteiger partial charge in [-0.1, -0.05) is 44.7 Å². The van der Waals surface area contributed by atoms with Crippen molar-refractivity contribution in [1.29, 1.82) is 0 Å². The second kappa shape index (κ2) is 6.89. The van der Waals surface area contributed by atoms with Crippen LogP contribution in [-0.4, -0.2) is 5.29 Å². The third-order valence-electron chi connectivity index (χ3n) is 3.13. The quantitative estimate of drug-likeness (QED) is 0.449. The fourth-order valence-corrected chi connectivity index (χ4v) is 3.08. The average Bonchev–Trinajstić information content (AvgIpc) is 2.41. The van der Waals surface area contributed by atoms with Gasteiger partial charge in [0.1, 0.15) is 0 Å². The first-order valence-electron chi connectivity index (χ1n) is 6.60. The van der Waals surface area contributed by atoms with Gasteiger partial charge in [-0.2, -0.15) is 0 Å². The summed E-state index contributed by atoms with van der Waals surface area (Å²) in [5.74, 6) is 0.677. The van der Waals surface area contributed by atoms with Gasteiger partial charge in [-0.25, -0.2) is 0 Å². The summed E-state index contributed by atoms with van der Waals surface area (Å²) < 4.78 is 4.87. The molecule has 4 heteroatoms. The molecule has 1 aliphatic rings. The molecule has 0 amide bonds. The molecule has 0 spiro atoms. The van der Waals surface area contributed by atoms with Crippen LogP contribution in [0.3, 0.4) is 0 Å². The summed E-state index contributed by atoms with van der Waals surface area (Å²) in [5.41, 5.74) is 0.945. The first kappa shape index (κ1) is 13.5. The molecule has 1 aromatic carbocycles. The van der Waals surface area contributed by atoms with E-state index in [9.17, 15) is 4.89 Å². The van der Waals surface area contributed by atoms with Crippen molar-refractivity contribution >= 4 is 13.3 Å². The molecule has 1 aliphatic heterocycles. The maximum atomic E-state index is 11.8. The number of fused-ring (bicyclic) bond motifs is 1. The predicted molar refractivity (Wildman–Crippen MR) is 72.6 cm³/mol. The number of hydrogen-bond acceptors (Lipinski definition) is 3. The Morgan fingerprint density at radius 2 is 1.89 bits per heavy atom. The molecule has 0 N–H and O–H groups in total. The lowest BCUT2D eigenvalue weighted by molar-refractivity contribution is -0.218. The van der Waals surface area contributed by atoms with Crippen LogP contribution < -0.4 is 9.78 Å². The van der Waals surface area contributed by atoms with Crippen LogP contribution in [0.2, 0.25) is 0 Å². The fourth-order valence-electron chi connectivity index (χ4n) is 2.12. The van der Waals surface area contributed by atoms with E-state index in [2.05, 4.69) is 6.92 Å². The summed E-state index contributed by atoms with van der Waals surface area (Å²) in [4.78, 5) is 16.8.